The average Bonchev–Trinajstić information content (AvgIpc) is 2.27. The van der Waals surface area contributed by atoms with Gasteiger partial charge in [0.1, 0.15) is 0 Å². The fourth-order valence-electron chi connectivity index (χ4n) is 1.73. The fraction of sp³-hybridized carbons (Fsp3) is 0.750. The van der Waals surface area contributed by atoms with Crippen LogP contribution in [0.2, 0.25) is 0 Å². The molecule has 0 N–H and O–H groups in total. The van der Waals surface area contributed by atoms with Crippen LogP contribution in [0.1, 0.15) is 52.4 Å². The Balaban J connectivity index is 2.23. The first kappa shape index (κ1) is 12.6. The highest BCUT2D eigenvalue weighted by atomic mass is 32.2. The van der Waals surface area contributed by atoms with Crippen LogP contribution in [0.5, 0.6) is 0 Å². The van der Waals surface area contributed by atoms with Gasteiger partial charge in [-0.15, -0.1) is 0 Å². The molecule has 0 bridgehead atoms. The van der Waals surface area contributed by atoms with Crippen LogP contribution in [0.15, 0.2) is 11.6 Å². The molecule has 0 spiro atoms. The van der Waals surface area contributed by atoms with Gasteiger partial charge in [-0.2, -0.15) is 0 Å². The van der Waals surface area contributed by atoms with Crippen molar-refractivity contribution >= 4 is 18.0 Å². The van der Waals surface area contributed by atoms with Crippen molar-refractivity contribution in [1.29, 1.82) is 0 Å². The molecule has 0 aromatic heterocycles. The largest absolute Gasteiger partial charge is 0.388 e. The standard InChI is InChI=1S/C12H20O2S/c1-3-7-10(2)12(13)14-15-11-8-5-4-6-9-11/h7,11H,3-6,8-9H2,1-2H3. The summed E-state index contributed by atoms with van der Waals surface area (Å²) < 4.78 is 5.21. The van der Waals surface area contributed by atoms with Crippen LogP contribution >= 0.6 is 12.0 Å². The average molecular weight is 228 g/mol. The highest BCUT2D eigenvalue weighted by Gasteiger charge is 2.17. The molecule has 0 atom stereocenters. The topological polar surface area (TPSA) is 26.3 Å². The molecule has 1 saturated carbocycles. The van der Waals surface area contributed by atoms with Gasteiger partial charge >= 0.3 is 5.97 Å². The highest BCUT2D eigenvalue weighted by Crippen LogP contribution is 2.29. The molecule has 0 aromatic rings. The number of hydrogen-bond donors (Lipinski definition) is 0. The van der Waals surface area contributed by atoms with E-state index in [4.69, 9.17) is 4.18 Å². The van der Waals surface area contributed by atoms with Gasteiger partial charge in [0.15, 0.2) is 0 Å². The predicted molar refractivity (Wildman–Crippen MR) is 64.6 cm³/mol. The van der Waals surface area contributed by atoms with Gasteiger partial charge in [-0.3, -0.25) is 0 Å². The second-order valence-electron chi connectivity index (χ2n) is 4.02. The third-order valence-corrected chi connectivity index (χ3v) is 3.64. The summed E-state index contributed by atoms with van der Waals surface area (Å²) in [4.78, 5) is 11.5. The van der Waals surface area contributed by atoms with E-state index in [-0.39, 0.29) is 5.97 Å². The quantitative estimate of drug-likeness (QED) is 0.540. The Labute approximate surface area is 96.7 Å². The highest BCUT2D eigenvalue weighted by molar-refractivity contribution is 7.95. The molecule has 0 saturated heterocycles. The van der Waals surface area contributed by atoms with Crippen LogP contribution in [0.4, 0.5) is 0 Å². The van der Waals surface area contributed by atoms with Gasteiger partial charge in [0, 0.05) is 10.8 Å². The Bertz CT molecular complexity index is 230. The molecular weight excluding hydrogens is 208 g/mol. The van der Waals surface area contributed by atoms with Crippen molar-refractivity contribution in [2.24, 2.45) is 0 Å². The number of rotatable bonds is 4. The summed E-state index contributed by atoms with van der Waals surface area (Å²) in [5, 5.41) is 0.525. The second-order valence-corrected chi connectivity index (χ2v) is 5.05. The van der Waals surface area contributed by atoms with E-state index < -0.39 is 0 Å². The van der Waals surface area contributed by atoms with Crippen LogP contribution in [0, 0.1) is 0 Å². The van der Waals surface area contributed by atoms with Gasteiger partial charge in [0.05, 0.1) is 12.0 Å². The fourth-order valence-corrected chi connectivity index (χ4v) is 2.61. The molecule has 0 aliphatic heterocycles. The summed E-state index contributed by atoms with van der Waals surface area (Å²) in [6, 6.07) is 0. The summed E-state index contributed by atoms with van der Waals surface area (Å²) in [6.45, 7) is 3.83. The first-order valence-corrected chi connectivity index (χ1v) is 6.59. The molecule has 3 heteroatoms. The minimum Gasteiger partial charge on any atom is -0.388 e. The maximum absolute atomic E-state index is 11.5. The predicted octanol–water partition coefficient (Wildman–Crippen LogP) is 3.87. The van der Waals surface area contributed by atoms with E-state index in [0.717, 1.165) is 12.0 Å². The number of allylic oxidation sites excluding steroid dienone is 1. The summed E-state index contributed by atoms with van der Waals surface area (Å²) in [5.74, 6) is -0.174. The van der Waals surface area contributed by atoms with Gasteiger partial charge in [0.25, 0.3) is 0 Å². The number of hydrogen-bond acceptors (Lipinski definition) is 3. The lowest BCUT2D eigenvalue weighted by Gasteiger charge is -2.19. The van der Waals surface area contributed by atoms with Crippen molar-refractivity contribution in [3.63, 3.8) is 0 Å². The molecular formula is C12H20O2S. The second kappa shape index (κ2) is 6.94. The lowest BCUT2D eigenvalue weighted by atomic mass is 10.0. The molecule has 1 aliphatic carbocycles. The zero-order valence-corrected chi connectivity index (χ0v) is 10.4. The van der Waals surface area contributed by atoms with E-state index in [1.165, 1.54) is 44.1 Å². The molecule has 2 nitrogen and oxygen atoms in total. The third kappa shape index (κ3) is 4.74. The smallest absolute Gasteiger partial charge is 0.345 e. The Morgan fingerprint density at radius 3 is 2.67 bits per heavy atom. The normalized spacial score (nSPS) is 18.9. The maximum Gasteiger partial charge on any atom is 0.345 e. The van der Waals surface area contributed by atoms with Crippen LogP contribution in [0.25, 0.3) is 0 Å². The van der Waals surface area contributed by atoms with Crippen molar-refractivity contribution < 1.29 is 8.98 Å². The molecule has 0 amide bonds. The maximum atomic E-state index is 11.5. The lowest BCUT2D eigenvalue weighted by molar-refractivity contribution is -0.128. The molecule has 86 valence electrons. The van der Waals surface area contributed by atoms with Gasteiger partial charge in [-0.25, -0.2) is 4.79 Å². The van der Waals surface area contributed by atoms with Gasteiger partial charge in [-0.05, 0) is 26.2 Å². The Kier molecular flexibility index (Phi) is 5.84. The third-order valence-electron chi connectivity index (χ3n) is 2.64. The molecule has 15 heavy (non-hydrogen) atoms. The van der Waals surface area contributed by atoms with E-state index in [1.807, 2.05) is 19.9 Å². The van der Waals surface area contributed by atoms with Crippen LogP contribution in [0.3, 0.4) is 0 Å². The minimum atomic E-state index is -0.174. The molecule has 0 heterocycles. The van der Waals surface area contributed by atoms with Crippen LogP contribution in [-0.4, -0.2) is 11.2 Å². The first-order chi connectivity index (χ1) is 7.24. The zero-order valence-electron chi connectivity index (χ0n) is 9.62. The summed E-state index contributed by atoms with van der Waals surface area (Å²) >= 11 is 1.37. The van der Waals surface area contributed by atoms with E-state index in [2.05, 4.69) is 0 Å². The van der Waals surface area contributed by atoms with Crippen molar-refractivity contribution in [3.05, 3.63) is 11.6 Å². The van der Waals surface area contributed by atoms with Gasteiger partial charge in [0.2, 0.25) is 0 Å². The summed E-state index contributed by atoms with van der Waals surface area (Å²) in [6.07, 6.45) is 9.06. The number of carbonyl (C=O) groups excluding carboxylic acids is 1. The summed E-state index contributed by atoms with van der Waals surface area (Å²) in [7, 11) is 0. The monoisotopic (exact) mass is 228 g/mol. The van der Waals surface area contributed by atoms with Crippen LogP contribution < -0.4 is 0 Å². The number of carbonyl (C=O) groups is 1. The first-order valence-electron chi connectivity index (χ1n) is 5.78. The Morgan fingerprint density at radius 2 is 2.07 bits per heavy atom. The molecule has 1 aliphatic rings. The molecule has 1 rings (SSSR count). The van der Waals surface area contributed by atoms with Gasteiger partial charge < -0.3 is 4.18 Å². The van der Waals surface area contributed by atoms with Crippen molar-refractivity contribution in [2.45, 2.75) is 57.6 Å². The van der Waals surface area contributed by atoms with Gasteiger partial charge in [-0.1, -0.05) is 32.3 Å². The van der Waals surface area contributed by atoms with Crippen molar-refractivity contribution in [1.82, 2.24) is 0 Å². The summed E-state index contributed by atoms with van der Waals surface area (Å²) in [5.41, 5.74) is 0.723. The molecule has 0 radical (unpaired) electrons. The van der Waals surface area contributed by atoms with Crippen molar-refractivity contribution in [3.8, 4) is 0 Å². The molecule has 0 aromatic carbocycles. The van der Waals surface area contributed by atoms with Crippen molar-refractivity contribution in [2.75, 3.05) is 0 Å². The SMILES string of the molecule is CCC=C(C)C(=O)OSC1CCCCC1. The molecule has 0 unspecified atom stereocenters. The zero-order chi connectivity index (χ0) is 11.1. The Morgan fingerprint density at radius 1 is 1.40 bits per heavy atom. The van der Waals surface area contributed by atoms with Crippen LogP contribution in [-0.2, 0) is 8.98 Å². The van der Waals surface area contributed by atoms with E-state index in [1.54, 1.807) is 0 Å². The van der Waals surface area contributed by atoms with E-state index in [9.17, 15) is 4.79 Å². The Hall–Kier alpha value is -0.440. The molecule has 1 fully saturated rings. The van der Waals surface area contributed by atoms with E-state index in [0.29, 0.717) is 5.25 Å². The minimum absolute atomic E-state index is 0.174. The van der Waals surface area contributed by atoms with E-state index >= 15 is 0 Å². The lowest BCUT2D eigenvalue weighted by Crippen LogP contribution is -2.11.